The number of hydrogen-bond acceptors (Lipinski definition) is 5. The van der Waals surface area contributed by atoms with Gasteiger partial charge in [-0.1, -0.05) is 6.07 Å². The molecule has 2 rings (SSSR count). The Balaban J connectivity index is 2.31. The number of anilines is 1. The van der Waals surface area contributed by atoms with Crippen molar-refractivity contribution in [3.05, 3.63) is 56.5 Å². The first-order valence-corrected chi connectivity index (χ1v) is 5.32. The van der Waals surface area contributed by atoms with Crippen molar-refractivity contribution in [2.24, 2.45) is 5.84 Å². The molecule has 2 heterocycles. The summed E-state index contributed by atoms with van der Waals surface area (Å²) in [5.41, 5.74) is 2.94. The molecule has 2 aromatic heterocycles. The summed E-state index contributed by atoms with van der Waals surface area (Å²) in [5.74, 6) is 5.75. The molecule has 0 spiro atoms. The molecular formula is C11H13N5O2. The van der Waals surface area contributed by atoms with Crippen LogP contribution in [0.25, 0.3) is 0 Å². The van der Waals surface area contributed by atoms with Crippen molar-refractivity contribution >= 4 is 5.82 Å². The van der Waals surface area contributed by atoms with Crippen LogP contribution in [0.4, 0.5) is 5.82 Å². The summed E-state index contributed by atoms with van der Waals surface area (Å²) >= 11 is 0. The molecule has 0 saturated carbocycles. The largest absolute Gasteiger partial charge is 0.328 e. The third-order valence-electron chi connectivity index (χ3n) is 2.51. The Bertz CT molecular complexity index is 656. The van der Waals surface area contributed by atoms with E-state index in [1.165, 1.54) is 10.8 Å². The van der Waals surface area contributed by atoms with E-state index >= 15 is 0 Å². The molecule has 0 aliphatic rings. The highest BCUT2D eigenvalue weighted by Crippen LogP contribution is 2.04. The van der Waals surface area contributed by atoms with Gasteiger partial charge in [-0.15, -0.1) is 0 Å². The van der Waals surface area contributed by atoms with E-state index in [4.69, 9.17) is 5.84 Å². The molecule has 0 aromatic carbocycles. The molecule has 0 amide bonds. The molecule has 0 aliphatic heterocycles. The predicted molar refractivity (Wildman–Crippen MR) is 67.2 cm³/mol. The number of aromatic nitrogens is 3. The lowest BCUT2D eigenvalue weighted by Crippen LogP contribution is -2.31. The number of hydrazine groups is 1. The van der Waals surface area contributed by atoms with E-state index in [1.807, 2.05) is 0 Å². The van der Waals surface area contributed by atoms with Gasteiger partial charge in [0.25, 0.3) is 5.56 Å². The average molecular weight is 247 g/mol. The Hall–Kier alpha value is -2.41. The molecule has 2 aromatic rings. The van der Waals surface area contributed by atoms with Gasteiger partial charge in [-0.2, -0.15) is 0 Å². The summed E-state index contributed by atoms with van der Waals surface area (Å²) in [4.78, 5) is 29.1. The van der Waals surface area contributed by atoms with E-state index in [2.05, 4.69) is 15.4 Å². The van der Waals surface area contributed by atoms with Crippen LogP contribution >= 0.6 is 0 Å². The Morgan fingerprint density at radius 3 is 2.83 bits per heavy atom. The summed E-state index contributed by atoms with van der Waals surface area (Å²) in [5, 5.41) is 0. The molecule has 7 nitrogen and oxygen atoms in total. The third-order valence-corrected chi connectivity index (χ3v) is 2.51. The lowest BCUT2D eigenvalue weighted by atomic mass is 10.2. The van der Waals surface area contributed by atoms with Gasteiger partial charge >= 0.3 is 5.69 Å². The minimum Gasteiger partial charge on any atom is -0.308 e. The van der Waals surface area contributed by atoms with Crippen LogP contribution in [0.3, 0.4) is 0 Å². The molecular weight excluding hydrogens is 234 g/mol. The number of aryl methyl sites for hydroxylation is 1. The lowest BCUT2D eigenvalue weighted by molar-refractivity contribution is 0.711. The van der Waals surface area contributed by atoms with E-state index in [1.54, 1.807) is 25.3 Å². The van der Waals surface area contributed by atoms with Crippen molar-refractivity contribution in [3.63, 3.8) is 0 Å². The molecule has 4 N–H and O–H groups in total. The minimum absolute atomic E-state index is 0.342. The fourth-order valence-electron chi connectivity index (χ4n) is 1.54. The van der Waals surface area contributed by atoms with Crippen LogP contribution in [0.15, 0.2) is 34.1 Å². The number of aromatic amines is 1. The van der Waals surface area contributed by atoms with Gasteiger partial charge in [0.2, 0.25) is 0 Å². The topological polar surface area (TPSA) is 106 Å². The molecule has 0 aliphatic carbocycles. The molecule has 18 heavy (non-hydrogen) atoms. The number of hydrogen-bond donors (Lipinski definition) is 3. The van der Waals surface area contributed by atoms with Crippen LogP contribution < -0.4 is 22.5 Å². The number of nitrogen functional groups attached to an aromatic ring is 1. The Labute approximate surface area is 102 Å². The smallest absolute Gasteiger partial charge is 0.308 e. The highest BCUT2D eigenvalue weighted by Gasteiger charge is 2.02. The van der Waals surface area contributed by atoms with Gasteiger partial charge in [-0.3, -0.25) is 14.3 Å². The Morgan fingerprint density at radius 2 is 2.22 bits per heavy atom. The number of rotatable bonds is 3. The van der Waals surface area contributed by atoms with Crippen molar-refractivity contribution in [2.45, 2.75) is 13.5 Å². The van der Waals surface area contributed by atoms with Gasteiger partial charge in [0.05, 0.1) is 6.54 Å². The average Bonchev–Trinajstić information content (AvgIpc) is 2.37. The molecule has 7 heteroatoms. The molecule has 0 saturated heterocycles. The third kappa shape index (κ3) is 2.46. The first-order valence-electron chi connectivity index (χ1n) is 5.32. The molecule has 0 bridgehead atoms. The Kier molecular flexibility index (Phi) is 3.24. The highest BCUT2D eigenvalue weighted by molar-refractivity contribution is 5.33. The van der Waals surface area contributed by atoms with Gasteiger partial charge in [0.15, 0.2) is 0 Å². The first-order chi connectivity index (χ1) is 8.60. The van der Waals surface area contributed by atoms with Crippen LogP contribution in [0.5, 0.6) is 0 Å². The van der Waals surface area contributed by atoms with Crippen molar-refractivity contribution in [1.29, 1.82) is 0 Å². The fraction of sp³-hybridized carbons (Fsp3) is 0.182. The van der Waals surface area contributed by atoms with E-state index in [9.17, 15) is 9.59 Å². The highest BCUT2D eigenvalue weighted by atomic mass is 16.2. The molecule has 94 valence electrons. The standard InChI is InChI=1S/C11H13N5O2/c1-7-5-16(11(18)14-10(7)17)6-8-2-3-9(15-12)13-4-8/h2-5H,6,12H2,1H3,(H,13,15)(H,14,17,18). The van der Waals surface area contributed by atoms with Crippen LogP contribution in [-0.2, 0) is 6.54 Å². The predicted octanol–water partition coefficient (Wildman–Crippen LogP) is -0.426. The van der Waals surface area contributed by atoms with Crippen LogP contribution in [0.1, 0.15) is 11.1 Å². The second-order valence-electron chi connectivity index (χ2n) is 3.90. The number of nitrogens with zero attached hydrogens (tertiary/aromatic N) is 2. The first kappa shape index (κ1) is 12.1. The van der Waals surface area contributed by atoms with Gasteiger partial charge in [-0.05, 0) is 18.6 Å². The fourth-order valence-corrected chi connectivity index (χ4v) is 1.54. The number of nitrogens with one attached hydrogen (secondary N) is 2. The quantitative estimate of drug-likeness (QED) is 0.504. The normalized spacial score (nSPS) is 10.3. The molecule has 0 radical (unpaired) electrons. The lowest BCUT2D eigenvalue weighted by Gasteiger charge is -2.06. The maximum atomic E-state index is 11.6. The van der Waals surface area contributed by atoms with E-state index in [0.717, 1.165) is 5.56 Å². The van der Waals surface area contributed by atoms with Crippen molar-refractivity contribution < 1.29 is 0 Å². The van der Waals surface area contributed by atoms with Crippen molar-refractivity contribution in [3.8, 4) is 0 Å². The number of nitrogens with two attached hydrogens (primary N) is 1. The zero-order valence-corrected chi connectivity index (χ0v) is 9.80. The summed E-state index contributed by atoms with van der Waals surface area (Å²) in [6.45, 7) is 1.99. The second kappa shape index (κ2) is 4.84. The van der Waals surface area contributed by atoms with E-state index < -0.39 is 5.69 Å². The zero-order valence-electron chi connectivity index (χ0n) is 9.80. The van der Waals surface area contributed by atoms with Crippen LogP contribution in [-0.4, -0.2) is 14.5 Å². The molecule has 0 fully saturated rings. The van der Waals surface area contributed by atoms with Crippen LogP contribution in [0.2, 0.25) is 0 Å². The summed E-state index contributed by atoms with van der Waals surface area (Å²) in [6.07, 6.45) is 3.14. The number of H-pyrrole nitrogens is 1. The van der Waals surface area contributed by atoms with Crippen molar-refractivity contribution in [2.75, 3.05) is 5.43 Å². The SMILES string of the molecule is Cc1cn(Cc2ccc(NN)nc2)c(=O)[nH]c1=O. The Morgan fingerprint density at radius 1 is 1.44 bits per heavy atom. The minimum atomic E-state index is -0.438. The maximum absolute atomic E-state index is 11.6. The zero-order chi connectivity index (χ0) is 13.1. The van der Waals surface area contributed by atoms with Crippen LogP contribution in [0, 0.1) is 6.92 Å². The number of pyridine rings is 1. The second-order valence-corrected chi connectivity index (χ2v) is 3.90. The van der Waals surface area contributed by atoms with E-state index in [0.29, 0.717) is 17.9 Å². The van der Waals surface area contributed by atoms with Crippen molar-refractivity contribution in [1.82, 2.24) is 14.5 Å². The maximum Gasteiger partial charge on any atom is 0.328 e. The monoisotopic (exact) mass is 247 g/mol. The summed E-state index contributed by atoms with van der Waals surface area (Å²) in [7, 11) is 0. The summed E-state index contributed by atoms with van der Waals surface area (Å²) < 4.78 is 1.42. The van der Waals surface area contributed by atoms with Gasteiger partial charge < -0.3 is 5.43 Å². The van der Waals surface area contributed by atoms with Gasteiger partial charge in [0, 0.05) is 18.0 Å². The molecule has 0 atom stereocenters. The van der Waals surface area contributed by atoms with E-state index in [-0.39, 0.29) is 5.56 Å². The molecule has 0 unspecified atom stereocenters. The summed E-state index contributed by atoms with van der Waals surface area (Å²) in [6, 6.07) is 3.51. The van der Waals surface area contributed by atoms with Gasteiger partial charge in [0.1, 0.15) is 5.82 Å². The van der Waals surface area contributed by atoms with Gasteiger partial charge in [-0.25, -0.2) is 15.6 Å².